The molecule has 2 heterocycles. The molecule has 0 radical (unpaired) electrons. The summed E-state index contributed by atoms with van der Waals surface area (Å²) in [6.07, 6.45) is -0.462. The largest absolute Gasteiger partial charge is 0.444 e. The molecular formula is C23H26F2N4O3. The Balaban J connectivity index is 1.47. The van der Waals surface area contributed by atoms with E-state index in [0.717, 1.165) is 5.69 Å². The summed E-state index contributed by atoms with van der Waals surface area (Å²) in [5, 5.41) is 1.96. The van der Waals surface area contributed by atoms with Crippen molar-refractivity contribution in [3.63, 3.8) is 0 Å². The van der Waals surface area contributed by atoms with Crippen LogP contribution in [0.1, 0.15) is 19.8 Å². The lowest BCUT2D eigenvalue weighted by Gasteiger charge is -2.25. The van der Waals surface area contributed by atoms with Gasteiger partial charge >= 0.3 is 6.09 Å². The van der Waals surface area contributed by atoms with Crippen molar-refractivity contribution in [1.29, 1.82) is 0 Å². The first-order valence-corrected chi connectivity index (χ1v) is 10.7. The fourth-order valence-electron chi connectivity index (χ4n) is 4.04. The Bertz CT molecular complexity index is 965. The lowest BCUT2D eigenvalue weighted by atomic mass is 10.1. The number of halogens is 2. The van der Waals surface area contributed by atoms with E-state index in [0.29, 0.717) is 32.6 Å². The number of benzene rings is 2. The maximum absolute atomic E-state index is 15.0. The van der Waals surface area contributed by atoms with Crippen LogP contribution in [0.15, 0.2) is 42.5 Å². The monoisotopic (exact) mass is 444 g/mol. The van der Waals surface area contributed by atoms with Gasteiger partial charge in [-0.2, -0.15) is 0 Å². The average Bonchev–Trinajstić information content (AvgIpc) is 2.98. The number of hydrazine groups is 1. The molecule has 2 saturated heterocycles. The van der Waals surface area contributed by atoms with Crippen LogP contribution >= 0.6 is 0 Å². The summed E-state index contributed by atoms with van der Waals surface area (Å²) in [6, 6.07) is 12.1. The normalized spacial score (nSPS) is 19.2. The number of hydrogen-bond acceptors (Lipinski definition) is 6. The summed E-state index contributed by atoms with van der Waals surface area (Å²) >= 11 is 0. The predicted octanol–water partition coefficient (Wildman–Crippen LogP) is 3.49. The number of hydrogen-bond donors (Lipinski definition) is 1. The zero-order valence-corrected chi connectivity index (χ0v) is 17.9. The van der Waals surface area contributed by atoms with Crippen molar-refractivity contribution >= 4 is 28.9 Å². The molecule has 2 fully saturated rings. The Kier molecular flexibility index (Phi) is 6.55. The summed E-state index contributed by atoms with van der Waals surface area (Å²) < 4.78 is 35.3. The number of para-hydroxylation sites is 1. The number of anilines is 3. The third kappa shape index (κ3) is 4.83. The quantitative estimate of drug-likeness (QED) is 0.736. The van der Waals surface area contributed by atoms with Gasteiger partial charge in [0.05, 0.1) is 24.5 Å². The maximum atomic E-state index is 15.0. The van der Waals surface area contributed by atoms with Gasteiger partial charge in [-0.05, 0) is 25.5 Å². The van der Waals surface area contributed by atoms with Gasteiger partial charge in [0.25, 0.3) is 0 Å². The van der Waals surface area contributed by atoms with Gasteiger partial charge in [-0.15, -0.1) is 0 Å². The molecule has 170 valence electrons. The van der Waals surface area contributed by atoms with E-state index in [9.17, 15) is 9.59 Å². The molecule has 1 N–H and O–H groups in total. The molecule has 7 nitrogen and oxygen atoms in total. The lowest BCUT2D eigenvalue weighted by Crippen LogP contribution is -2.38. The summed E-state index contributed by atoms with van der Waals surface area (Å²) in [7, 11) is 0. The highest BCUT2D eigenvalue weighted by Gasteiger charge is 2.33. The summed E-state index contributed by atoms with van der Waals surface area (Å²) in [4.78, 5) is 26.3. The molecule has 2 aliphatic heterocycles. The van der Waals surface area contributed by atoms with Crippen molar-refractivity contribution in [3.05, 3.63) is 54.1 Å². The van der Waals surface area contributed by atoms with E-state index in [1.54, 1.807) is 4.90 Å². The number of amides is 1. The molecule has 4 rings (SSSR count). The number of ether oxygens (including phenoxy) is 1. The van der Waals surface area contributed by atoms with E-state index in [4.69, 9.17) is 4.74 Å². The molecule has 0 bridgehead atoms. The highest BCUT2D eigenvalue weighted by Crippen LogP contribution is 2.32. The topological polar surface area (TPSA) is 65.1 Å². The molecular weight excluding hydrogens is 418 g/mol. The molecule has 0 saturated carbocycles. The van der Waals surface area contributed by atoms with Crippen molar-refractivity contribution in [1.82, 2.24) is 5.43 Å². The van der Waals surface area contributed by atoms with Gasteiger partial charge in [-0.3, -0.25) is 4.90 Å². The van der Waals surface area contributed by atoms with Gasteiger partial charge in [-0.1, -0.05) is 18.2 Å². The van der Waals surface area contributed by atoms with Crippen LogP contribution in [0.4, 0.5) is 30.6 Å². The summed E-state index contributed by atoms with van der Waals surface area (Å²) in [5.41, 5.74) is 4.26. The van der Waals surface area contributed by atoms with Crippen molar-refractivity contribution in [2.45, 2.75) is 25.9 Å². The molecule has 0 unspecified atom stereocenters. The molecule has 0 aliphatic carbocycles. The summed E-state index contributed by atoms with van der Waals surface area (Å²) in [6.45, 7) is 3.54. The number of carbonyl (C=O) groups excluding carboxylic acids is 2. The Morgan fingerprint density at radius 1 is 1.09 bits per heavy atom. The standard InChI is InChI=1S/C23H26F2N4O3/c1-16(30)7-8-19-15-28(23(31)32-19)18-13-20(24)22(21(25)14-18)27-10-9-26-29(12-11-27)17-5-3-2-4-6-17/h2-6,13-14,19,26H,7-12,15H2,1H3/t19-/m0/s1. The smallest absolute Gasteiger partial charge is 0.414 e. The Morgan fingerprint density at radius 2 is 1.81 bits per heavy atom. The minimum Gasteiger partial charge on any atom is -0.444 e. The van der Waals surface area contributed by atoms with Crippen molar-refractivity contribution in [3.8, 4) is 0 Å². The van der Waals surface area contributed by atoms with Crippen LogP contribution in [-0.4, -0.2) is 50.7 Å². The van der Waals surface area contributed by atoms with Crippen LogP contribution in [0, 0.1) is 11.6 Å². The van der Waals surface area contributed by atoms with Crippen LogP contribution in [0.25, 0.3) is 0 Å². The molecule has 1 amide bonds. The Hall–Kier alpha value is -3.20. The number of ketones is 1. The fraction of sp³-hybridized carbons (Fsp3) is 0.391. The second-order valence-corrected chi connectivity index (χ2v) is 8.00. The number of nitrogens with one attached hydrogen (secondary N) is 1. The number of carbonyl (C=O) groups is 2. The minimum atomic E-state index is -0.729. The van der Waals surface area contributed by atoms with Gasteiger partial charge in [0, 0.05) is 38.2 Å². The molecule has 9 heteroatoms. The molecule has 2 aliphatic rings. The molecule has 2 aromatic carbocycles. The fourth-order valence-corrected chi connectivity index (χ4v) is 4.04. The Labute approximate surface area is 185 Å². The second kappa shape index (κ2) is 9.52. The Morgan fingerprint density at radius 3 is 2.50 bits per heavy atom. The molecule has 1 atom stereocenters. The first-order chi connectivity index (χ1) is 15.4. The van der Waals surface area contributed by atoms with Gasteiger partial charge in [-0.25, -0.2) is 19.0 Å². The average molecular weight is 444 g/mol. The maximum Gasteiger partial charge on any atom is 0.414 e. The van der Waals surface area contributed by atoms with Crippen molar-refractivity contribution in [2.75, 3.05) is 47.5 Å². The van der Waals surface area contributed by atoms with E-state index < -0.39 is 23.8 Å². The highest BCUT2D eigenvalue weighted by atomic mass is 19.1. The van der Waals surface area contributed by atoms with Crippen LogP contribution in [-0.2, 0) is 9.53 Å². The third-order valence-corrected chi connectivity index (χ3v) is 5.67. The van der Waals surface area contributed by atoms with E-state index in [1.807, 2.05) is 35.3 Å². The van der Waals surface area contributed by atoms with Gasteiger partial charge in [0.2, 0.25) is 0 Å². The summed E-state index contributed by atoms with van der Waals surface area (Å²) in [5.74, 6) is -1.46. The van der Waals surface area contributed by atoms with Crippen molar-refractivity contribution in [2.24, 2.45) is 0 Å². The second-order valence-electron chi connectivity index (χ2n) is 8.00. The SMILES string of the molecule is CC(=O)CC[C@H]1CN(c2cc(F)c(N3CCNN(c4ccccc4)CC3)c(F)c2)C(=O)O1. The number of nitrogens with zero attached hydrogens (tertiary/aromatic N) is 3. The van der Waals surface area contributed by atoms with E-state index in [2.05, 4.69) is 5.43 Å². The van der Waals surface area contributed by atoms with Gasteiger partial charge in [0.15, 0.2) is 11.6 Å². The molecule has 0 aromatic heterocycles. The minimum absolute atomic E-state index is 0.00119. The first-order valence-electron chi connectivity index (χ1n) is 10.7. The van der Waals surface area contributed by atoms with Gasteiger partial charge in [0.1, 0.15) is 17.6 Å². The highest BCUT2D eigenvalue weighted by molar-refractivity contribution is 5.90. The lowest BCUT2D eigenvalue weighted by molar-refractivity contribution is -0.117. The van der Waals surface area contributed by atoms with E-state index in [-0.39, 0.29) is 30.1 Å². The van der Waals surface area contributed by atoms with E-state index >= 15 is 8.78 Å². The molecule has 0 spiro atoms. The zero-order chi connectivity index (χ0) is 22.7. The zero-order valence-electron chi connectivity index (χ0n) is 17.9. The predicted molar refractivity (Wildman–Crippen MR) is 118 cm³/mol. The van der Waals surface area contributed by atoms with Crippen LogP contribution in [0.2, 0.25) is 0 Å². The van der Waals surface area contributed by atoms with Gasteiger partial charge < -0.3 is 19.4 Å². The number of cyclic esters (lactones) is 1. The number of Topliss-reactive ketones (excluding diaryl/α,β-unsaturated/α-hetero) is 1. The van der Waals surface area contributed by atoms with E-state index in [1.165, 1.54) is 24.0 Å². The van der Waals surface area contributed by atoms with Crippen LogP contribution < -0.4 is 20.2 Å². The molecule has 32 heavy (non-hydrogen) atoms. The van der Waals surface area contributed by atoms with Crippen molar-refractivity contribution < 1.29 is 23.1 Å². The molecule has 2 aromatic rings. The first kappa shape index (κ1) is 22.0. The van der Waals surface area contributed by atoms with Crippen LogP contribution in [0.3, 0.4) is 0 Å². The third-order valence-electron chi connectivity index (χ3n) is 5.67. The van der Waals surface area contributed by atoms with Crippen LogP contribution in [0.5, 0.6) is 0 Å². The number of rotatable bonds is 6.